The molecule has 1 aliphatic rings. The standard InChI is InChI=1S/C27H32N6O4/c1-16-23-17(14-32(4)30-23)12-21(25(16)37-15-36-5)26-28-22-7-6-19(13-20(22)24(29-26)27(34)35)33-10-8-18(9-11-33)31(2)3/h6-7,12-14,18H,8-11,15H2,1-5H3,(H,34,35). The Morgan fingerprint density at radius 3 is 2.62 bits per heavy atom. The quantitative estimate of drug-likeness (QED) is 0.377. The normalized spacial score (nSPS) is 14.7. The smallest absolute Gasteiger partial charge is 0.355 e. The molecular weight excluding hydrogens is 472 g/mol. The highest BCUT2D eigenvalue weighted by Gasteiger charge is 2.24. The van der Waals surface area contributed by atoms with Gasteiger partial charge in [0, 0.05) is 61.5 Å². The summed E-state index contributed by atoms with van der Waals surface area (Å²) in [6, 6.07) is 8.24. The van der Waals surface area contributed by atoms with Gasteiger partial charge < -0.3 is 24.4 Å². The first-order valence-corrected chi connectivity index (χ1v) is 12.3. The molecule has 1 saturated heterocycles. The number of nitrogens with zero attached hydrogens (tertiary/aromatic N) is 6. The average molecular weight is 505 g/mol. The topological polar surface area (TPSA) is 106 Å². The number of aromatic carboxylic acids is 1. The van der Waals surface area contributed by atoms with Crippen LogP contribution in [0.5, 0.6) is 5.75 Å². The lowest BCUT2D eigenvalue weighted by Crippen LogP contribution is -2.41. The maximum absolute atomic E-state index is 12.4. The minimum Gasteiger partial charge on any atom is -0.476 e. The van der Waals surface area contributed by atoms with Crippen LogP contribution >= 0.6 is 0 Å². The number of hydrogen-bond acceptors (Lipinski definition) is 8. The zero-order chi connectivity index (χ0) is 26.3. The molecular formula is C27H32N6O4. The fraction of sp³-hybridized carbons (Fsp3) is 0.407. The Hall–Kier alpha value is -3.76. The van der Waals surface area contributed by atoms with E-state index < -0.39 is 5.97 Å². The number of fused-ring (bicyclic) bond motifs is 2. The number of hydrogen-bond donors (Lipinski definition) is 1. The third-order valence-corrected chi connectivity index (χ3v) is 7.10. The highest BCUT2D eigenvalue weighted by Crippen LogP contribution is 2.38. The Balaban J connectivity index is 1.61. The highest BCUT2D eigenvalue weighted by atomic mass is 16.7. The van der Waals surface area contributed by atoms with Crippen LogP contribution in [0.25, 0.3) is 33.2 Å². The molecule has 10 nitrogen and oxygen atoms in total. The van der Waals surface area contributed by atoms with Crippen molar-refractivity contribution in [2.45, 2.75) is 25.8 Å². The second kappa shape index (κ2) is 9.95. The molecule has 0 unspecified atom stereocenters. The van der Waals surface area contributed by atoms with Crippen molar-refractivity contribution < 1.29 is 19.4 Å². The van der Waals surface area contributed by atoms with Crippen molar-refractivity contribution in [1.29, 1.82) is 0 Å². The van der Waals surface area contributed by atoms with E-state index in [1.54, 1.807) is 11.8 Å². The van der Waals surface area contributed by atoms with E-state index >= 15 is 0 Å². The van der Waals surface area contributed by atoms with Crippen LogP contribution in [-0.4, -0.2) is 82.9 Å². The predicted molar refractivity (Wildman–Crippen MR) is 142 cm³/mol. The maximum atomic E-state index is 12.4. The van der Waals surface area contributed by atoms with Crippen molar-refractivity contribution in [3.63, 3.8) is 0 Å². The lowest BCUT2D eigenvalue weighted by atomic mass is 10.0. The molecule has 0 aliphatic carbocycles. The van der Waals surface area contributed by atoms with Crippen LogP contribution in [0.2, 0.25) is 0 Å². The van der Waals surface area contributed by atoms with Crippen LogP contribution in [0, 0.1) is 6.92 Å². The number of piperidine rings is 1. The summed E-state index contributed by atoms with van der Waals surface area (Å²) >= 11 is 0. The summed E-state index contributed by atoms with van der Waals surface area (Å²) < 4.78 is 12.8. The molecule has 0 spiro atoms. The molecule has 0 bridgehead atoms. The van der Waals surface area contributed by atoms with Crippen molar-refractivity contribution in [1.82, 2.24) is 24.6 Å². The minimum atomic E-state index is -1.10. The van der Waals surface area contributed by atoms with Crippen molar-refractivity contribution in [3.8, 4) is 17.1 Å². The SMILES string of the molecule is COCOc1c(-c2nc(C(=O)O)c3cc(N4CCC(N(C)C)CC4)ccc3n2)cc2cn(C)nc2c1C. The summed E-state index contributed by atoms with van der Waals surface area (Å²) in [5.41, 5.74) is 3.71. The van der Waals surface area contributed by atoms with Gasteiger partial charge in [-0.05, 0) is 58.1 Å². The number of ether oxygens (including phenoxy) is 2. The first-order chi connectivity index (χ1) is 17.8. The zero-order valence-corrected chi connectivity index (χ0v) is 21.9. The Bertz CT molecular complexity index is 1470. The first-order valence-electron chi connectivity index (χ1n) is 12.3. The van der Waals surface area contributed by atoms with Crippen molar-refractivity contribution in [3.05, 3.63) is 41.7 Å². The lowest BCUT2D eigenvalue weighted by Gasteiger charge is -2.36. The second-order valence-corrected chi connectivity index (χ2v) is 9.75. The third-order valence-electron chi connectivity index (χ3n) is 7.10. The molecule has 1 fully saturated rings. The fourth-order valence-corrected chi connectivity index (χ4v) is 5.14. The summed E-state index contributed by atoms with van der Waals surface area (Å²) in [5.74, 6) is -0.302. The van der Waals surface area contributed by atoms with E-state index in [-0.39, 0.29) is 18.3 Å². The molecule has 5 rings (SSSR count). The number of rotatable bonds is 7. The van der Waals surface area contributed by atoms with E-state index in [1.165, 1.54) is 0 Å². The van der Waals surface area contributed by atoms with Crippen molar-refractivity contribution in [2.75, 3.05) is 46.0 Å². The van der Waals surface area contributed by atoms with Crippen LogP contribution < -0.4 is 9.64 Å². The minimum absolute atomic E-state index is 0.0272. The van der Waals surface area contributed by atoms with Gasteiger partial charge in [0.15, 0.2) is 18.3 Å². The third kappa shape index (κ3) is 4.70. The summed E-state index contributed by atoms with van der Waals surface area (Å²) in [4.78, 5) is 26.3. The average Bonchev–Trinajstić information content (AvgIpc) is 3.27. The van der Waals surface area contributed by atoms with E-state index in [9.17, 15) is 9.90 Å². The van der Waals surface area contributed by atoms with Crippen LogP contribution in [0.15, 0.2) is 30.5 Å². The number of anilines is 1. The van der Waals surface area contributed by atoms with E-state index in [1.807, 2.05) is 44.4 Å². The Kier molecular flexibility index (Phi) is 6.70. The molecule has 0 atom stereocenters. The number of carbonyl (C=O) groups is 1. The molecule has 2 aromatic carbocycles. The number of benzene rings is 2. The number of carboxylic acid groups (broad SMARTS) is 1. The van der Waals surface area contributed by atoms with Crippen LogP contribution in [0.4, 0.5) is 5.69 Å². The fourth-order valence-electron chi connectivity index (χ4n) is 5.14. The van der Waals surface area contributed by atoms with Gasteiger partial charge >= 0.3 is 5.97 Å². The van der Waals surface area contributed by atoms with Crippen LogP contribution in [0.1, 0.15) is 28.9 Å². The van der Waals surface area contributed by atoms with Gasteiger partial charge in [0.25, 0.3) is 0 Å². The second-order valence-electron chi connectivity index (χ2n) is 9.75. The van der Waals surface area contributed by atoms with Gasteiger partial charge in [-0.1, -0.05) is 0 Å². The number of aryl methyl sites for hydroxylation is 2. The molecule has 3 heterocycles. The number of aromatic nitrogens is 4. The Morgan fingerprint density at radius 1 is 1.19 bits per heavy atom. The lowest BCUT2D eigenvalue weighted by molar-refractivity contribution is 0.0511. The summed E-state index contributed by atoms with van der Waals surface area (Å²) in [6.45, 7) is 3.77. The summed E-state index contributed by atoms with van der Waals surface area (Å²) in [5, 5.41) is 16.1. The Morgan fingerprint density at radius 2 is 1.95 bits per heavy atom. The molecule has 2 aromatic heterocycles. The van der Waals surface area contributed by atoms with Gasteiger partial charge in [0.1, 0.15) is 5.75 Å². The zero-order valence-electron chi connectivity index (χ0n) is 21.9. The summed E-state index contributed by atoms with van der Waals surface area (Å²) in [6.07, 6.45) is 4.02. The molecule has 10 heteroatoms. The maximum Gasteiger partial charge on any atom is 0.355 e. The number of carboxylic acids is 1. The predicted octanol–water partition coefficient (Wildman–Crippen LogP) is 3.70. The first kappa shape index (κ1) is 24.9. The molecule has 0 saturated carbocycles. The molecule has 1 aliphatic heterocycles. The highest BCUT2D eigenvalue weighted by molar-refractivity contribution is 6.02. The van der Waals surface area contributed by atoms with Crippen LogP contribution in [-0.2, 0) is 11.8 Å². The van der Waals surface area contributed by atoms with Gasteiger partial charge in [0.05, 0.1) is 16.6 Å². The van der Waals surface area contributed by atoms with Gasteiger partial charge in [-0.2, -0.15) is 5.10 Å². The van der Waals surface area contributed by atoms with Gasteiger partial charge in [-0.15, -0.1) is 0 Å². The molecule has 1 N–H and O–H groups in total. The molecule has 194 valence electrons. The molecule has 4 aromatic rings. The van der Waals surface area contributed by atoms with E-state index in [2.05, 4.69) is 34.0 Å². The van der Waals surface area contributed by atoms with E-state index in [4.69, 9.17) is 14.5 Å². The molecule has 37 heavy (non-hydrogen) atoms. The number of methoxy groups -OCH3 is 1. The van der Waals surface area contributed by atoms with E-state index in [0.717, 1.165) is 48.1 Å². The molecule has 0 amide bonds. The van der Waals surface area contributed by atoms with Crippen molar-refractivity contribution >= 4 is 33.5 Å². The largest absolute Gasteiger partial charge is 0.476 e. The van der Waals surface area contributed by atoms with Crippen LogP contribution in [0.3, 0.4) is 0 Å². The van der Waals surface area contributed by atoms with Crippen molar-refractivity contribution in [2.24, 2.45) is 7.05 Å². The molecule has 0 radical (unpaired) electrons. The van der Waals surface area contributed by atoms with E-state index in [0.29, 0.717) is 28.3 Å². The van der Waals surface area contributed by atoms with Gasteiger partial charge in [-0.25, -0.2) is 14.8 Å². The summed E-state index contributed by atoms with van der Waals surface area (Å²) in [7, 11) is 7.63. The monoisotopic (exact) mass is 504 g/mol. The van der Waals surface area contributed by atoms with Gasteiger partial charge in [0.2, 0.25) is 0 Å². The Labute approximate surface area is 215 Å². The van der Waals surface area contributed by atoms with Gasteiger partial charge in [-0.3, -0.25) is 4.68 Å².